The topological polar surface area (TPSA) is 71.7 Å². The maximum absolute atomic E-state index is 13.3. The van der Waals surface area contributed by atoms with Crippen molar-refractivity contribution in [1.82, 2.24) is 8.87 Å². The van der Waals surface area contributed by atoms with Gasteiger partial charge in [0.1, 0.15) is 11.9 Å². The summed E-state index contributed by atoms with van der Waals surface area (Å²) in [7, 11) is -3.93. The molecule has 1 unspecified atom stereocenters. The summed E-state index contributed by atoms with van der Waals surface area (Å²) in [6, 6.07) is 15.9. The molecule has 1 amide bonds. The average molecular weight is 484 g/mol. The smallest absolute Gasteiger partial charge is 0.266 e. The third-order valence-electron chi connectivity index (χ3n) is 6.00. The van der Waals surface area contributed by atoms with Crippen LogP contribution in [0.25, 0.3) is 21.0 Å². The van der Waals surface area contributed by atoms with Crippen LogP contribution in [0.3, 0.4) is 0 Å². The van der Waals surface area contributed by atoms with Crippen molar-refractivity contribution >= 4 is 48.3 Å². The molecule has 33 heavy (non-hydrogen) atoms. The Morgan fingerprint density at radius 3 is 2.64 bits per heavy atom. The highest BCUT2D eigenvalue weighted by molar-refractivity contribution is 7.89. The number of hydrogen-bond donors (Lipinski definition) is 0. The highest BCUT2D eigenvalue weighted by atomic mass is 32.2. The number of thiazole rings is 1. The van der Waals surface area contributed by atoms with Crippen LogP contribution in [0.1, 0.15) is 19.8 Å². The first kappa shape index (κ1) is 21.9. The lowest BCUT2D eigenvalue weighted by atomic mass is 10.1. The number of sulfonamides is 1. The number of carbonyl (C=O) groups is 1. The summed E-state index contributed by atoms with van der Waals surface area (Å²) in [6.07, 6.45) is 0.972. The minimum absolute atomic E-state index is 0.0273. The summed E-state index contributed by atoms with van der Waals surface area (Å²) >= 11 is 1.44. The maximum atomic E-state index is 13.3. The molecule has 0 saturated carbocycles. The van der Waals surface area contributed by atoms with Gasteiger partial charge in [0.25, 0.3) is 5.91 Å². The van der Waals surface area contributed by atoms with Gasteiger partial charge in [0.05, 0.1) is 15.1 Å². The zero-order valence-electron chi connectivity index (χ0n) is 17.9. The first-order valence-corrected chi connectivity index (χ1v) is 13.0. The minimum Gasteiger partial charge on any atom is -0.317 e. The second-order valence-electron chi connectivity index (χ2n) is 7.94. The number of aryl methyl sites for hydroxylation is 1. The van der Waals surface area contributed by atoms with Gasteiger partial charge in [-0.25, -0.2) is 12.8 Å². The molecule has 0 radical (unpaired) electrons. The van der Waals surface area contributed by atoms with E-state index in [1.54, 1.807) is 0 Å². The molecule has 4 aromatic rings. The molecule has 6 nitrogen and oxygen atoms in total. The monoisotopic (exact) mass is 483 g/mol. The summed E-state index contributed by atoms with van der Waals surface area (Å²) < 4.78 is 43.8. The highest BCUT2D eigenvalue weighted by Gasteiger charge is 2.39. The normalized spacial score (nSPS) is 17.9. The number of amides is 1. The number of hydrogen-bond acceptors (Lipinski definition) is 4. The Bertz CT molecular complexity index is 1540. The Labute approximate surface area is 194 Å². The summed E-state index contributed by atoms with van der Waals surface area (Å²) in [5, 5.41) is 2.21. The molecule has 1 saturated heterocycles. The predicted octanol–water partition coefficient (Wildman–Crippen LogP) is 4.30. The third kappa shape index (κ3) is 3.80. The lowest BCUT2D eigenvalue weighted by Gasteiger charge is -2.21. The van der Waals surface area contributed by atoms with Gasteiger partial charge in [0, 0.05) is 18.5 Å². The summed E-state index contributed by atoms with van der Waals surface area (Å²) in [5.41, 5.74) is 0.995. The van der Waals surface area contributed by atoms with Crippen molar-refractivity contribution in [2.75, 3.05) is 6.54 Å². The van der Waals surface area contributed by atoms with Gasteiger partial charge in [0.2, 0.25) is 10.0 Å². The Kier molecular flexibility index (Phi) is 5.64. The molecule has 0 spiro atoms. The molecule has 0 N–H and O–H groups in total. The van der Waals surface area contributed by atoms with Crippen molar-refractivity contribution in [1.29, 1.82) is 0 Å². The van der Waals surface area contributed by atoms with Crippen LogP contribution in [0.4, 0.5) is 4.39 Å². The van der Waals surface area contributed by atoms with E-state index in [0.29, 0.717) is 24.2 Å². The molecule has 1 aromatic heterocycles. The number of aromatic nitrogens is 1. The van der Waals surface area contributed by atoms with E-state index in [2.05, 4.69) is 11.1 Å². The number of fused-ring (bicyclic) bond motifs is 3. The highest BCUT2D eigenvalue weighted by Crippen LogP contribution is 2.29. The van der Waals surface area contributed by atoms with E-state index < -0.39 is 27.8 Å². The molecule has 1 aliphatic rings. The molecule has 0 aliphatic carbocycles. The van der Waals surface area contributed by atoms with Crippen LogP contribution in [-0.4, -0.2) is 35.8 Å². The van der Waals surface area contributed by atoms with Gasteiger partial charge in [-0.15, -0.1) is 0 Å². The van der Waals surface area contributed by atoms with Crippen LogP contribution in [-0.2, 0) is 21.4 Å². The Balaban J connectivity index is 1.56. The fraction of sp³-hybridized carbons (Fsp3) is 0.250. The van der Waals surface area contributed by atoms with E-state index in [1.165, 1.54) is 27.8 Å². The van der Waals surface area contributed by atoms with Crippen LogP contribution in [0, 0.1) is 5.82 Å². The molecule has 0 bridgehead atoms. The van der Waals surface area contributed by atoms with E-state index in [4.69, 9.17) is 0 Å². The average Bonchev–Trinajstić information content (AvgIpc) is 3.44. The summed E-state index contributed by atoms with van der Waals surface area (Å²) in [6.45, 7) is 2.86. The molecule has 1 fully saturated rings. The van der Waals surface area contributed by atoms with Gasteiger partial charge in [-0.3, -0.25) is 4.79 Å². The molecule has 170 valence electrons. The number of halogens is 1. The largest absolute Gasteiger partial charge is 0.317 e. The Morgan fingerprint density at radius 1 is 1.12 bits per heavy atom. The molecule has 1 aliphatic heterocycles. The van der Waals surface area contributed by atoms with Crippen molar-refractivity contribution in [2.45, 2.75) is 37.2 Å². The van der Waals surface area contributed by atoms with Crippen molar-refractivity contribution in [3.8, 4) is 0 Å². The molecule has 1 atom stereocenters. The Hall–Kier alpha value is -2.88. The van der Waals surface area contributed by atoms with Gasteiger partial charge in [-0.2, -0.15) is 9.30 Å². The van der Waals surface area contributed by atoms with Gasteiger partial charge in [-0.05, 0) is 55.5 Å². The van der Waals surface area contributed by atoms with Gasteiger partial charge >= 0.3 is 0 Å². The summed E-state index contributed by atoms with van der Waals surface area (Å²) in [5.74, 6) is -0.990. The standard InChI is InChI=1S/C24H22FN3O3S2/c1-2-27-20-14-9-16-6-3-4-7-19(16)22(20)32-24(27)26-23(29)21-8-5-15-28(21)33(30,31)18-12-10-17(25)11-13-18/h3-4,6-7,9-14,21H,2,5,8,15H2,1H3. The van der Waals surface area contributed by atoms with Crippen LogP contribution in [0.2, 0.25) is 0 Å². The maximum Gasteiger partial charge on any atom is 0.266 e. The first-order chi connectivity index (χ1) is 15.9. The molecule has 3 aromatic carbocycles. The van der Waals surface area contributed by atoms with E-state index in [0.717, 1.165) is 33.1 Å². The van der Waals surface area contributed by atoms with E-state index in [9.17, 15) is 17.6 Å². The van der Waals surface area contributed by atoms with E-state index >= 15 is 0 Å². The van der Waals surface area contributed by atoms with Crippen LogP contribution >= 0.6 is 11.3 Å². The lowest BCUT2D eigenvalue weighted by molar-refractivity contribution is -0.121. The Morgan fingerprint density at radius 2 is 1.88 bits per heavy atom. The number of rotatable bonds is 4. The van der Waals surface area contributed by atoms with Gasteiger partial charge in [-0.1, -0.05) is 41.7 Å². The number of benzene rings is 3. The fourth-order valence-corrected chi connectivity index (χ4v) is 7.26. The quantitative estimate of drug-likeness (QED) is 0.435. The van der Waals surface area contributed by atoms with Crippen LogP contribution in [0.5, 0.6) is 0 Å². The van der Waals surface area contributed by atoms with E-state index in [1.807, 2.05) is 41.8 Å². The van der Waals surface area contributed by atoms with Gasteiger partial charge in [0.15, 0.2) is 4.80 Å². The first-order valence-electron chi connectivity index (χ1n) is 10.8. The van der Waals surface area contributed by atoms with Crippen LogP contribution < -0.4 is 4.80 Å². The number of carbonyl (C=O) groups excluding carboxylic acids is 1. The minimum atomic E-state index is -3.93. The fourth-order valence-electron chi connectivity index (χ4n) is 4.37. The van der Waals surface area contributed by atoms with Gasteiger partial charge < -0.3 is 4.57 Å². The third-order valence-corrected chi connectivity index (χ3v) is 9.05. The van der Waals surface area contributed by atoms with Crippen molar-refractivity contribution < 1.29 is 17.6 Å². The molecule has 2 heterocycles. The molecule has 9 heteroatoms. The predicted molar refractivity (Wildman–Crippen MR) is 127 cm³/mol. The molecule has 5 rings (SSSR count). The van der Waals surface area contributed by atoms with Crippen molar-refractivity contribution in [3.05, 3.63) is 71.3 Å². The lowest BCUT2D eigenvalue weighted by Crippen LogP contribution is -2.40. The van der Waals surface area contributed by atoms with Crippen molar-refractivity contribution in [3.63, 3.8) is 0 Å². The molecular weight excluding hydrogens is 461 g/mol. The second kappa shape index (κ2) is 8.48. The SMILES string of the molecule is CCn1c(=NC(=O)C2CCCN2S(=O)(=O)c2ccc(F)cc2)sc2c3ccccc3ccc21. The zero-order valence-corrected chi connectivity index (χ0v) is 19.6. The zero-order chi connectivity index (χ0) is 23.2. The second-order valence-corrected chi connectivity index (χ2v) is 10.8. The van der Waals surface area contributed by atoms with E-state index in [-0.39, 0.29) is 11.4 Å². The molecular formula is C24H22FN3O3S2. The number of nitrogens with zero attached hydrogens (tertiary/aromatic N) is 3. The van der Waals surface area contributed by atoms with Crippen LogP contribution in [0.15, 0.2) is 70.6 Å². The van der Waals surface area contributed by atoms with Crippen molar-refractivity contribution in [2.24, 2.45) is 4.99 Å². The summed E-state index contributed by atoms with van der Waals surface area (Å²) in [4.78, 5) is 18.2.